The minimum atomic E-state index is -0.677. The highest BCUT2D eigenvalue weighted by atomic mass is 16.4. The van der Waals surface area contributed by atoms with Crippen molar-refractivity contribution in [2.45, 2.75) is 44.9 Å². The van der Waals surface area contributed by atoms with Crippen molar-refractivity contribution in [2.75, 3.05) is 19.6 Å². The van der Waals surface area contributed by atoms with Gasteiger partial charge in [-0.3, -0.25) is 4.79 Å². The van der Waals surface area contributed by atoms with Crippen molar-refractivity contribution in [3.05, 3.63) is 35.9 Å². The van der Waals surface area contributed by atoms with Crippen LogP contribution < -0.4 is 0 Å². The van der Waals surface area contributed by atoms with Gasteiger partial charge < -0.3 is 10.0 Å². The van der Waals surface area contributed by atoms with Crippen LogP contribution in [0, 0.1) is 5.92 Å². The third-order valence-corrected chi connectivity index (χ3v) is 4.69. The summed E-state index contributed by atoms with van der Waals surface area (Å²) in [6.07, 6.45) is 4.54. The van der Waals surface area contributed by atoms with Crippen molar-refractivity contribution >= 4 is 5.97 Å². The first-order chi connectivity index (χ1) is 10.2. The van der Waals surface area contributed by atoms with Crippen LogP contribution in [0.3, 0.4) is 0 Å². The second-order valence-corrected chi connectivity index (χ2v) is 6.13. The van der Waals surface area contributed by atoms with Crippen LogP contribution in [0.1, 0.15) is 50.5 Å². The van der Waals surface area contributed by atoms with Gasteiger partial charge in [-0.1, -0.05) is 43.7 Å². The number of nitrogens with zero attached hydrogens (tertiary/aromatic N) is 1. The molecular formula is C18H27NO2. The molecule has 1 N–H and O–H groups in total. The molecule has 116 valence electrons. The number of carboxylic acids is 1. The normalized spacial score (nSPS) is 23.1. The van der Waals surface area contributed by atoms with E-state index < -0.39 is 5.97 Å². The van der Waals surface area contributed by atoms with E-state index in [1.807, 2.05) is 0 Å². The fraction of sp³-hybridized carbons (Fsp3) is 0.611. The molecule has 0 saturated carbocycles. The number of hydrogen-bond donors (Lipinski definition) is 1. The van der Waals surface area contributed by atoms with Crippen molar-refractivity contribution in [3.8, 4) is 0 Å². The molecule has 1 fully saturated rings. The van der Waals surface area contributed by atoms with Crippen LogP contribution in [-0.4, -0.2) is 35.6 Å². The highest BCUT2D eigenvalue weighted by molar-refractivity contribution is 5.66. The Labute approximate surface area is 128 Å². The molecule has 2 atom stereocenters. The van der Waals surface area contributed by atoms with Crippen LogP contribution in [0.25, 0.3) is 0 Å². The van der Waals surface area contributed by atoms with Gasteiger partial charge in [0.25, 0.3) is 0 Å². The minimum Gasteiger partial charge on any atom is -0.481 e. The summed E-state index contributed by atoms with van der Waals surface area (Å²) in [5.41, 5.74) is 1.48. The van der Waals surface area contributed by atoms with Crippen LogP contribution >= 0.6 is 0 Å². The number of piperidine rings is 1. The zero-order valence-corrected chi connectivity index (χ0v) is 13.0. The Morgan fingerprint density at radius 1 is 1.29 bits per heavy atom. The standard InChI is InChI=1S/C18H27NO2/c1-2-15-14-19(12-7-6-10-18(20)21)13-11-17(15)16-8-4-3-5-9-16/h3-5,8-9,15,17H,2,6-7,10-14H2,1H3,(H,20,21). The molecule has 1 heterocycles. The van der Waals surface area contributed by atoms with Crippen molar-refractivity contribution in [1.29, 1.82) is 0 Å². The van der Waals surface area contributed by atoms with Crippen LogP contribution in [0.4, 0.5) is 0 Å². The van der Waals surface area contributed by atoms with Crippen molar-refractivity contribution < 1.29 is 9.90 Å². The fourth-order valence-electron chi connectivity index (χ4n) is 3.47. The zero-order valence-electron chi connectivity index (χ0n) is 13.0. The van der Waals surface area contributed by atoms with E-state index in [9.17, 15) is 4.79 Å². The number of rotatable bonds is 7. The van der Waals surface area contributed by atoms with Gasteiger partial charge in [0, 0.05) is 13.0 Å². The number of benzene rings is 1. The Morgan fingerprint density at radius 3 is 2.71 bits per heavy atom. The number of carbonyl (C=O) groups is 1. The number of likely N-dealkylation sites (tertiary alicyclic amines) is 1. The molecule has 3 heteroatoms. The summed E-state index contributed by atoms with van der Waals surface area (Å²) in [6, 6.07) is 10.9. The molecule has 0 aromatic heterocycles. The lowest BCUT2D eigenvalue weighted by atomic mass is 9.79. The summed E-state index contributed by atoms with van der Waals surface area (Å²) in [4.78, 5) is 13.1. The third-order valence-electron chi connectivity index (χ3n) is 4.69. The molecule has 0 amide bonds. The predicted octanol–water partition coefficient (Wildman–Crippen LogP) is 3.76. The lowest BCUT2D eigenvalue weighted by Gasteiger charge is -2.38. The van der Waals surface area contributed by atoms with Crippen LogP contribution in [0.15, 0.2) is 30.3 Å². The summed E-state index contributed by atoms with van der Waals surface area (Å²) in [7, 11) is 0. The van der Waals surface area contributed by atoms with Gasteiger partial charge in [0.05, 0.1) is 0 Å². The zero-order chi connectivity index (χ0) is 15.1. The molecule has 2 rings (SSSR count). The Balaban J connectivity index is 1.82. The molecule has 0 bridgehead atoms. The van der Waals surface area contributed by atoms with Gasteiger partial charge in [-0.25, -0.2) is 0 Å². The first kappa shape index (κ1) is 16.0. The molecule has 0 spiro atoms. The van der Waals surface area contributed by atoms with E-state index in [4.69, 9.17) is 5.11 Å². The number of unbranched alkanes of at least 4 members (excludes halogenated alkanes) is 1. The lowest BCUT2D eigenvalue weighted by Crippen LogP contribution is -2.39. The Morgan fingerprint density at radius 2 is 2.05 bits per heavy atom. The molecule has 1 aliphatic heterocycles. The highest BCUT2D eigenvalue weighted by Crippen LogP contribution is 2.34. The molecule has 1 aromatic carbocycles. The maximum Gasteiger partial charge on any atom is 0.303 e. The molecular weight excluding hydrogens is 262 g/mol. The van der Waals surface area contributed by atoms with Crippen molar-refractivity contribution in [1.82, 2.24) is 4.90 Å². The smallest absolute Gasteiger partial charge is 0.303 e. The molecule has 1 saturated heterocycles. The topological polar surface area (TPSA) is 40.5 Å². The van der Waals surface area contributed by atoms with Gasteiger partial charge in [-0.15, -0.1) is 0 Å². The van der Waals surface area contributed by atoms with E-state index in [0.29, 0.717) is 12.3 Å². The summed E-state index contributed by atoms with van der Waals surface area (Å²) >= 11 is 0. The van der Waals surface area contributed by atoms with E-state index in [1.165, 1.54) is 18.4 Å². The second kappa shape index (κ2) is 8.18. The van der Waals surface area contributed by atoms with Gasteiger partial charge in [-0.05, 0) is 49.8 Å². The molecule has 0 radical (unpaired) electrons. The highest BCUT2D eigenvalue weighted by Gasteiger charge is 2.28. The number of aliphatic carboxylic acids is 1. The van der Waals surface area contributed by atoms with Gasteiger partial charge >= 0.3 is 5.97 Å². The molecule has 0 aliphatic carbocycles. The fourth-order valence-corrected chi connectivity index (χ4v) is 3.47. The Bertz CT molecular complexity index is 432. The Hall–Kier alpha value is -1.35. The summed E-state index contributed by atoms with van der Waals surface area (Å²) in [5.74, 6) is 0.733. The van der Waals surface area contributed by atoms with E-state index >= 15 is 0 Å². The summed E-state index contributed by atoms with van der Waals surface area (Å²) in [6.45, 7) is 5.63. The van der Waals surface area contributed by atoms with E-state index in [0.717, 1.165) is 38.4 Å². The first-order valence-electron chi connectivity index (χ1n) is 8.19. The van der Waals surface area contributed by atoms with E-state index in [2.05, 4.69) is 42.2 Å². The quantitative estimate of drug-likeness (QED) is 0.777. The van der Waals surface area contributed by atoms with Crippen molar-refractivity contribution in [2.24, 2.45) is 5.92 Å². The number of carboxylic acid groups (broad SMARTS) is 1. The first-order valence-corrected chi connectivity index (χ1v) is 8.19. The van der Waals surface area contributed by atoms with Crippen LogP contribution in [0.2, 0.25) is 0 Å². The van der Waals surface area contributed by atoms with Gasteiger partial charge in [0.15, 0.2) is 0 Å². The summed E-state index contributed by atoms with van der Waals surface area (Å²) in [5, 5.41) is 8.68. The minimum absolute atomic E-state index is 0.303. The van der Waals surface area contributed by atoms with Crippen molar-refractivity contribution in [3.63, 3.8) is 0 Å². The molecule has 1 aliphatic rings. The van der Waals surface area contributed by atoms with E-state index in [1.54, 1.807) is 0 Å². The largest absolute Gasteiger partial charge is 0.481 e. The maximum absolute atomic E-state index is 10.5. The van der Waals surface area contributed by atoms with Gasteiger partial charge in [-0.2, -0.15) is 0 Å². The van der Waals surface area contributed by atoms with Crippen LogP contribution in [0.5, 0.6) is 0 Å². The monoisotopic (exact) mass is 289 g/mol. The SMILES string of the molecule is CCC1CN(CCCCC(=O)O)CCC1c1ccccc1. The lowest BCUT2D eigenvalue weighted by molar-refractivity contribution is -0.137. The number of hydrogen-bond acceptors (Lipinski definition) is 2. The Kier molecular flexibility index (Phi) is 6.24. The molecule has 2 unspecified atom stereocenters. The summed E-state index contributed by atoms with van der Waals surface area (Å²) < 4.78 is 0. The van der Waals surface area contributed by atoms with E-state index in [-0.39, 0.29) is 0 Å². The molecule has 1 aromatic rings. The average Bonchev–Trinajstić information content (AvgIpc) is 2.52. The predicted molar refractivity (Wildman–Crippen MR) is 85.5 cm³/mol. The maximum atomic E-state index is 10.5. The molecule has 3 nitrogen and oxygen atoms in total. The third kappa shape index (κ3) is 4.85. The second-order valence-electron chi connectivity index (χ2n) is 6.13. The average molecular weight is 289 g/mol. The van der Waals surface area contributed by atoms with Gasteiger partial charge in [0.1, 0.15) is 0 Å². The molecule has 21 heavy (non-hydrogen) atoms. The van der Waals surface area contributed by atoms with Crippen LogP contribution in [-0.2, 0) is 4.79 Å². The van der Waals surface area contributed by atoms with Gasteiger partial charge in [0.2, 0.25) is 0 Å².